The molecule has 0 aromatic heterocycles. The summed E-state index contributed by atoms with van der Waals surface area (Å²) in [6.07, 6.45) is 5.03. The molecule has 3 rings (SSSR count). The highest BCUT2D eigenvalue weighted by atomic mass is 32.2. The van der Waals surface area contributed by atoms with Gasteiger partial charge in [-0.25, -0.2) is 4.79 Å². The largest absolute Gasteiger partial charge is 0.465 e. The summed E-state index contributed by atoms with van der Waals surface area (Å²) in [6, 6.07) is 11.0. The smallest absolute Gasteiger partial charge is 0.338 e. The predicted molar refractivity (Wildman–Crippen MR) is 107 cm³/mol. The maximum Gasteiger partial charge on any atom is 0.338 e. The number of thioether (sulfide) groups is 1. The molecular formula is C20H20N2O5S. The number of nitrogens with zero attached hydrogens (tertiary/aromatic N) is 1. The van der Waals surface area contributed by atoms with E-state index in [1.807, 2.05) is 23.9 Å². The number of ether oxygens (including phenoxy) is 1. The zero-order valence-electron chi connectivity index (χ0n) is 15.3. The van der Waals surface area contributed by atoms with Gasteiger partial charge in [0.25, 0.3) is 11.6 Å². The van der Waals surface area contributed by atoms with E-state index in [0.717, 1.165) is 17.0 Å². The molecule has 8 heteroatoms. The molecule has 2 aromatic rings. The van der Waals surface area contributed by atoms with E-state index in [9.17, 15) is 19.7 Å². The Labute approximate surface area is 166 Å². The molecular weight excluding hydrogens is 380 g/mol. The Morgan fingerprint density at radius 3 is 2.36 bits per heavy atom. The fraction of sp³-hybridized carbons (Fsp3) is 0.300. The number of hydrogen-bond acceptors (Lipinski definition) is 6. The summed E-state index contributed by atoms with van der Waals surface area (Å²) in [7, 11) is 1.17. The second-order valence-electron chi connectivity index (χ2n) is 6.52. The van der Waals surface area contributed by atoms with Crippen molar-refractivity contribution in [1.82, 2.24) is 0 Å². The molecule has 146 valence electrons. The van der Waals surface area contributed by atoms with Gasteiger partial charge in [0.2, 0.25) is 0 Å². The van der Waals surface area contributed by atoms with Crippen LogP contribution in [0.1, 0.15) is 46.4 Å². The number of hydrogen-bond donors (Lipinski definition) is 1. The molecule has 0 saturated heterocycles. The molecule has 1 aliphatic carbocycles. The van der Waals surface area contributed by atoms with Gasteiger partial charge in [0.1, 0.15) is 0 Å². The van der Waals surface area contributed by atoms with Gasteiger partial charge in [-0.2, -0.15) is 0 Å². The topological polar surface area (TPSA) is 98.5 Å². The molecule has 0 heterocycles. The lowest BCUT2D eigenvalue weighted by Crippen LogP contribution is -2.14. The maximum absolute atomic E-state index is 12.5. The van der Waals surface area contributed by atoms with Crippen LogP contribution in [0.3, 0.4) is 0 Å². The minimum Gasteiger partial charge on any atom is -0.465 e. The van der Waals surface area contributed by atoms with Gasteiger partial charge in [-0.05, 0) is 43.2 Å². The third-order valence-corrected chi connectivity index (χ3v) is 5.88. The van der Waals surface area contributed by atoms with E-state index >= 15 is 0 Å². The first-order chi connectivity index (χ1) is 13.5. The minimum atomic E-state index is -0.744. The number of non-ortho nitro benzene ring substituents is 1. The molecule has 1 N–H and O–H groups in total. The van der Waals surface area contributed by atoms with E-state index in [0.29, 0.717) is 10.9 Å². The zero-order chi connectivity index (χ0) is 20.1. The number of nitrogens with one attached hydrogen (secondary N) is 1. The summed E-state index contributed by atoms with van der Waals surface area (Å²) >= 11 is 1.85. The third-order valence-electron chi connectivity index (χ3n) is 4.53. The third kappa shape index (κ3) is 4.89. The molecule has 1 fully saturated rings. The van der Waals surface area contributed by atoms with Crippen molar-refractivity contribution in [2.24, 2.45) is 0 Å². The van der Waals surface area contributed by atoms with Crippen LogP contribution in [0.4, 0.5) is 11.4 Å². The van der Waals surface area contributed by atoms with E-state index < -0.39 is 16.8 Å². The fourth-order valence-corrected chi connectivity index (χ4v) is 4.35. The van der Waals surface area contributed by atoms with E-state index in [1.54, 1.807) is 12.1 Å². The van der Waals surface area contributed by atoms with E-state index in [1.165, 1.54) is 38.9 Å². The standard InChI is InChI=1S/C20H20N2O5S/c1-27-20(24)14-10-13(11-16(12-14)22(25)26)19(23)21-15-6-8-18(9-7-15)28-17-4-2-3-5-17/h6-12,17H,2-5H2,1H3,(H,21,23). The van der Waals surface area contributed by atoms with E-state index in [-0.39, 0.29) is 16.8 Å². The highest BCUT2D eigenvalue weighted by molar-refractivity contribution is 8.00. The number of carbonyl (C=O) groups is 2. The molecule has 1 amide bonds. The molecule has 0 bridgehead atoms. The van der Waals surface area contributed by atoms with Crippen molar-refractivity contribution >= 4 is 35.0 Å². The molecule has 0 unspecified atom stereocenters. The van der Waals surface area contributed by atoms with Crippen LogP contribution in [-0.2, 0) is 4.74 Å². The lowest BCUT2D eigenvalue weighted by Gasteiger charge is -2.10. The Bertz CT molecular complexity index is 892. The van der Waals surface area contributed by atoms with Crippen LogP contribution in [0, 0.1) is 10.1 Å². The van der Waals surface area contributed by atoms with Crippen LogP contribution in [0.2, 0.25) is 0 Å². The summed E-state index contributed by atoms with van der Waals surface area (Å²) in [5, 5.41) is 14.5. The van der Waals surface area contributed by atoms with Crippen molar-refractivity contribution in [3.05, 3.63) is 63.7 Å². The van der Waals surface area contributed by atoms with Gasteiger partial charge in [-0.3, -0.25) is 14.9 Å². The number of methoxy groups -OCH3 is 1. The summed E-state index contributed by atoms with van der Waals surface area (Å²) < 4.78 is 4.60. The molecule has 1 aliphatic rings. The number of rotatable bonds is 6. The second kappa shape index (κ2) is 8.88. The lowest BCUT2D eigenvalue weighted by molar-refractivity contribution is -0.384. The molecule has 7 nitrogen and oxygen atoms in total. The Morgan fingerprint density at radius 2 is 1.75 bits per heavy atom. The maximum atomic E-state index is 12.5. The van der Waals surface area contributed by atoms with Crippen molar-refractivity contribution < 1.29 is 19.2 Å². The molecule has 2 aromatic carbocycles. The van der Waals surface area contributed by atoms with Gasteiger partial charge in [-0.1, -0.05) is 12.8 Å². The van der Waals surface area contributed by atoms with Gasteiger partial charge in [0.15, 0.2) is 0 Å². The van der Waals surface area contributed by atoms with Gasteiger partial charge in [0.05, 0.1) is 17.6 Å². The summed E-state index contributed by atoms with van der Waals surface area (Å²) in [4.78, 5) is 35.8. The lowest BCUT2D eigenvalue weighted by atomic mass is 10.1. The number of amides is 1. The van der Waals surface area contributed by atoms with Crippen molar-refractivity contribution in [3.63, 3.8) is 0 Å². The average Bonchev–Trinajstić information content (AvgIpc) is 3.21. The summed E-state index contributed by atoms with van der Waals surface area (Å²) in [6.45, 7) is 0. The number of esters is 1. The summed E-state index contributed by atoms with van der Waals surface area (Å²) in [5.41, 5.74) is 0.187. The first-order valence-electron chi connectivity index (χ1n) is 8.92. The number of anilines is 1. The number of nitro benzene ring substituents is 1. The normalized spacial score (nSPS) is 13.9. The SMILES string of the molecule is COC(=O)c1cc(C(=O)Nc2ccc(SC3CCCC3)cc2)cc([N+](=O)[O-])c1. The number of benzene rings is 2. The molecule has 1 saturated carbocycles. The molecule has 28 heavy (non-hydrogen) atoms. The van der Waals surface area contributed by atoms with Crippen LogP contribution >= 0.6 is 11.8 Å². The van der Waals surface area contributed by atoms with Crippen LogP contribution < -0.4 is 5.32 Å². The molecule has 0 atom stereocenters. The van der Waals surface area contributed by atoms with E-state index in [4.69, 9.17) is 0 Å². The monoisotopic (exact) mass is 400 g/mol. The van der Waals surface area contributed by atoms with Crippen molar-refractivity contribution in [3.8, 4) is 0 Å². The van der Waals surface area contributed by atoms with Crippen LogP contribution in [-0.4, -0.2) is 29.2 Å². The Hall–Kier alpha value is -2.87. The highest BCUT2D eigenvalue weighted by Gasteiger charge is 2.19. The number of carbonyl (C=O) groups excluding carboxylic acids is 2. The van der Waals surface area contributed by atoms with Crippen molar-refractivity contribution in [1.29, 1.82) is 0 Å². The molecule has 0 radical (unpaired) electrons. The predicted octanol–water partition coefficient (Wildman–Crippen LogP) is 4.67. The average molecular weight is 400 g/mol. The first kappa shape index (κ1) is 19.9. The van der Waals surface area contributed by atoms with Crippen LogP contribution in [0.15, 0.2) is 47.4 Å². The van der Waals surface area contributed by atoms with Crippen molar-refractivity contribution in [2.45, 2.75) is 35.8 Å². The molecule has 0 aliphatic heterocycles. The first-order valence-corrected chi connectivity index (χ1v) is 9.80. The molecule has 0 spiro atoms. The van der Waals surface area contributed by atoms with E-state index in [2.05, 4.69) is 10.1 Å². The fourth-order valence-electron chi connectivity index (χ4n) is 3.10. The zero-order valence-corrected chi connectivity index (χ0v) is 16.2. The highest BCUT2D eigenvalue weighted by Crippen LogP contribution is 2.35. The van der Waals surface area contributed by atoms with Gasteiger partial charge in [0, 0.05) is 33.5 Å². The Balaban J connectivity index is 1.73. The van der Waals surface area contributed by atoms with Crippen LogP contribution in [0.5, 0.6) is 0 Å². The second-order valence-corrected chi connectivity index (χ2v) is 7.89. The van der Waals surface area contributed by atoms with Gasteiger partial charge >= 0.3 is 5.97 Å². The summed E-state index contributed by atoms with van der Waals surface area (Å²) in [5.74, 6) is -1.28. The van der Waals surface area contributed by atoms with Gasteiger partial charge in [-0.15, -0.1) is 11.8 Å². The van der Waals surface area contributed by atoms with Gasteiger partial charge < -0.3 is 10.1 Å². The van der Waals surface area contributed by atoms with Crippen molar-refractivity contribution in [2.75, 3.05) is 12.4 Å². The quantitative estimate of drug-likeness (QED) is 0.430. The minimum absolute atomic E-state index is 0.0130. The van der Waals surface area contributed by atoms with Crippen LogP contribution in [0.25, 0.3) is 0 Å². The Morgan fingerprint density at radius 1 is 1.11 bits per heavy atom. The number of nitro groups is 1. The Kier molecular flexibility index (Phi) is 6.30.